The molecule has 0 atom stereocenters. The molecule has 0 aliphatic carbocycles. The molecule has 3 N–H and O–H groups in total. The number of aromatic nitrogens is 3. The number of nitrogen functional groups attached to an aromatic ring is 1. The van der Waals surface area contributed by atoms with Crippen LogP contribution in [0.15, 0.2) is 27.7 Å². The second-order valence-corrected chi connectivity index (χ2v) is 5.06. The third-order valence-electron chi connectivity index (χ3n) is 2.59. The zero-order chi connectivity index (χ0) is 15.6. The van der Waals surface area contributed by atoms with Crippen molar-refractivity contribution in [2.75, 3.05) is 5.43 Å². The number of aryl methyl sites for hydroxylation is 1. The van der Waals surface area contributed by atoms with Crippen LogP contribution in [0.25, 0.3) is 0 Å². The van der Waals surface area contributed by atoms with Gasteiger partial charge < -0.3 is 9.99 Å². The first kappa shape index (κ1) is 15.1. The fourth-order valence-corrected chi connectivity index (χ4v) is 2.20. The van der Waals surface area contributed by atoms with E-state index in [9.17, 15) is 14.9 Å². The molecule has 0 aliphatic heterocycles. The zero-order valence-electron chi connectivity index (χ0n) is 10.9. The number of nitrogens with two attached hydrogens (primary N) is 1. The van der Waals surface area contributed by atoms with Gasteiger partial charge >= 0.3 is 5.69 Å². The summed E-state index contributed by atoms with van der Waals surface area (Å²) in [6, 6.07) is 1.66. The van der Waals surface area contributed by atoms with Crippen molar-refractivity contribution in [2.45, 2.75) is 13.5 Å². The van der Waals surface area contributed by atoms with Crippen molar-refractivity contribution >= 4 is 27.4 Å². The van der Waals surface area contributed by atoms with Gasteiger partial charge in [-0.25, -0.2) is 15.8 Å². The fourth-order valence-electron chi connectivity index (χ4n) is 1.74. The maximum absolute atomic E-state index is 11.6. The maximum atomic E-state index is 11.6. The minimum absolute atomic E-state index is 0.0986. The monoisotopic (exact) mass is 354 g/mol. The van der Waals surface area contributed by atoms with Crippen LogP contribution in [-0.4, -0.2) is 19.5 Å². The number of hydrogen-bond acceptors (Lipinski definition) is 7. The van der Waals surface area contributed by atoms with E-state index in [1.165, 1.54) is 10.8 Å². The van der Waals surface area contributed by atoms with E-state index < -0.39 is 16.0 Å². The Morgan fingerprint density at radius 2 is 2.19 bits per heavy atom. The zero-order valence-corrected chi connectivity index (χ0v) is 12.5. The van der Waals surface area contributed by atoms with Crippen LogP contribution in [0.5, 0.6) is 0 Å². The molecule has 2 aromatic rings. The highest BCUT2D eigenvalue weighted by Crippen LogP contribution is 2.12. The Kier molecular flexibility index (Phi) is 4.29. The fraction of sp³-hybridized carbons (Fsp3) is 0.182. The lowest BCUT2D eigenvalue weighted by molar-refractivity contribution is -0.386. The Morgan fingerprint density at radius 3 is 2.81 bits per heavy atom. The van der Waals surface area contributed by atoms with Crippen molar-refractivity contribution in [1.82, 2.24) is 14.5 Å². The molecule has 0 spiro atoms. The summed E-state index contributed by atoms with van der Waals surface area (Å²) in [5, 5.41) is 10.8. The molecule has 0 aromatic carbocycles. The number of hydrogen-bond donors (Lipinski definition) is 2. The summed E-state index contributed by atoms with van der Waals surface area (Å²) in [6.07, 6.45) is 2.59. The largest absolute Gasteiger partial charge is 0.339 e. The SMILES string of the molecule is Cc1cc(NN)nc(Cn2cc(Br)c(=O)c([N+](=O)[O-])c2)n1. The number of anilines is 1. The lowest BCUT2D eigenvalue weighted by Crippen LogP contribution is -2.16. The molecule has 2 aromatic heterocycles. The number of nitrogens with one attached hydrogen (secondary N) is 1. The molecule has 0 radical (unpaired) electrons. The van der Waals surface area contributed by atoms with E-state index in [2.05, 4.69) is 31.3 Å². The topological polar surface area (TPSA) is 129 Å². The van der Waals surface area contributed by atoms with Crippen LogP contribution in [0.1, 0.15) is 11.5 Å². The molecule has 0 saturated heterocycles. The van der Waals surface area contributed by atoms with Crippen LogP contribution < -0.4 is 16.7 Å². The molecule has 0 amide bonds. The van der Waals surface area contributed by atoms with Crippen LogP contribution in [0.3, 0.4) is 0 Å². The van der Waals surface area contributed by atoms with Crippen LogP contribution in [0.4, 0.5) is 11.5 Å². The van der Waals surface area contributed by atoms with Gasteiger partial charge in [0.05, 0.1) is 22.1 Å². The first-order chi connectivity index (χ1) is 9.90. The molecule has 0 aliphatic rings. The molecule has 0 fully saturated rings. The van der Waals surface area contributed by atoms with Crippen molar-refractivity contribution in [2.24, 2.45) is 5.84 Å². The van der Waals surface area contributed by atoms with E-state index >= 15 is 0 Å². The summed E-state index contributed by atoms with van der Waals surface area (Å²) in [6.45, 7) is 1.94. The number of rotatable bonds is 4. The van der Waals surface area contributed by atoms with Crippen LogP contribution in [-0.2, 0) is 6.54 Å². The third kappa shape index (κ3) is 3.41. The normalized spacial score (nSPS) is 10.4. The molecule has 9 nitrogen and oxygen atoms in total. The van der Waals surface area contributed by atoms with E-state index in [0.717, 1.165) is 6.20 Å². The molecular formula is C11H11BrN6O3. The van der Waals surface area contributed by atoms with Gasteiger partial charge in [0.25, 0.3) is 5.43 Å². The van der Waals surface area contributed by atoms with Gasteiger partial charge in [-0.05, 0) is 22.9 Å². The van der Waals surface area contributed by atoms with Gasteiger partial charge in [-0.1, -0.05) is 0 Å². The molecule has 0 unspecified atom stereocenters. The van der Waals surface area contributed by atoms with Gasteiger partial charge in [-0.15, -0.1) is 0 Å². The van der Waals surface area contributed by atoms with E-state index in [1.54, 1.807) is 13.0 Å². The van der Waals surface area contributed by atoms with Crippen LogP contribution in [0.2, 0.25) is 0 Å². The molecular weight excluding hydrogens is 344 g/mol. The highest BCUT2D eigenvalue weighted by atomic mass is 79.9. The van der Waals surface area contributed by atoms with Gasteiger partial charge in [0.2, 0.25) is 0 Å². The molecule has 2 heterocycles. The number of nitro groups is 1. The standard InChI is InChI=1S/C11H11BrN6O3/c1-6-2-9(16-13)15-10(14-6)5-17-3-7(12)11(19)8(4-17)18(20)21/h2-4H,5,13H2,1H3,(H,14,15,16). The average molecular weight is 355 g/mol. The van der Waals surface area contributed by atoms with Crippen molar-refractivity contribution in [1.29, 1.82) is 0 Å². The molecule has 21 heavy (non-hydrogen) atoms. The predicted octanol–water partition coefficient (Wildman–Crippen LogP) is 0.951. The number of halogens is 1. The Morgan fingerprint density at radius 1 is 1.48 bits per heavy atom. The Bertz CT molecular complexity index is 760. The molecule has 2 rings (SSSR count). The smallest absolute Gasteiger partial charge is 0.333 e. The summed E-state index contributed by atoms with van der Waals surface area (Å²) in [5.41, 5.74) is 1.92. The Balaban J connectivity index is 2.42. The van der Waals surface area contributed by atoms with Crippen molar-refractivity contribution in [3.8, 4) is 0 Å². The van der Waals surface area contributed by atoms with Crippen LogP contribution >= 0.6 is 15.9 Å². The Labute approximate surface area is 127 Å². The summed E-state index contributed by atoms with van der Waals surface area (Å²) < 4.78 is 1.56. The van der Waals surface area contributed by atoms with Crippen molar-refractivity contribution < 1.29 is 4.92 Å². The number of nitrogens with zero attached hydrogens (tertiary/aromatic N) is 4. The molecule has 0 bridgehead atoms. The lowest BCUT2D eigenvalue weighted by Gasteiger charge is -2.08. The van der Waals surface area contributed by atoms with Gasteiger partial charge in [0.15, 0.2) is 5.82 Å². The number of hydrazine groups is 1. The predicted molar refractivity (Wildman–Crippen MR) is 78.7 cm³/mol. The van der Waals surface area contributed by atoms with E-state index in [0.29, 0.717) is 17.3 Å². The molecule has 0 saturated carbocycles. The van der Waals surface area contributed by atoms with Gasteiger partial charge in [-0.2, -0.15) is 0 Å². The quantitative estimate of drug-likeness (QED) is 0.475. The van der Waals surface area contributed by atoms with E-state index in [1.807, 2.05) is 0 Å². The van der Waals surface area contributed by atoms with Crippen molar-refractivity contribution in [3.05, 3.63) is 54.8 Å². The second-order valence-electron chi connectivity index (χ2n) is 4.21. The lowest BCUT2D eigenvalue weighted by atomic mass is 10.3. The summed E-state index contributed by atoms with van der Waals surface area (Å²) in [4.78, 5) is 30.1. The maximum Gasteiger partial charge on any atom is 0.333 e. The first-order valence-corrected chi connectivity index (χ1v) is 6.55. The molecule has 110 valence electrons. The van der Waals surface area contributed by atoms with E-state index in [4.69, 9.17) is 5.84 Å². The van der Waals surface area contributed by atoms with Gasteiger partial charge in [0, 0.05) is 18.0 Å². The first-order valence-electron chi connectivity index (χ1n) is 5.76. The van der Waals surface area contributed by atoms with Gasteiger partial charge in [-0.3, -0.25) is 14.9 Å². The van der Waals surface area contributed by atoms with Crippen LogP contribution in [0, 0.1) is 17.0 Å². The molecule has 10 heteroatoms. The number of pyridine rings is 1. The highest BCUT2D eigenvalue weighted by Gasteiger charge is 2.16. The third-order valence-corrected chi connectivity index (χ3v) is 3.15. The Hall–Kier alpha value is -2.33. The van der Waals surface area contributed by atoms with Gasteiger partial charge in [0.1, 0.15) is 5.82 Å². The summed E-state index contributed by atoms with van der Waals surface area (Å²) in [7, 11) is 0. The highest BCUT2D eigenvalue weighted by molar-refractivity contribution is 9.10. The summed E-state index contributed by atoms with van der Waals surface area (Å²) in [5.74, 6) is 6.15. The minimum atomic E-state index is -0.729. The van der Waals surface area contributed by atoms with Crippen molar-refractivity contribution in [3.63, 3.8) is 0 Å². The second kappa shape index (κ2) is 5.97. The summed E-state index contributed by atoms with van der Waals surface area (Å²) >= 11 is 3.01. The minimum Gasteiger partial charge on any atom is -0.339 e. The average Bonchev–Trinajstić information content (AvgIpc) is 2.41. The van der Waals surface area contributed by atoms with E-state index in [-0.39, 0.29) is 11.0 Å².